The van der Waals surface area contributed by atoms with Crippen molar-refractivity contribution in [2.75, 3.05) is 13.1 Å². The van der Waals surface area contributed by atoms with Crippen LogP contribution in [0.2, 0.25) is 0 Å². The summed E-state index contributed by atoms with van der Waals surface area (Å²) < 4.78 is 15.1. The summed E-state index contributed by atoms with van der Waals surface area (Å²) in [6.07, 6.45) is 4.00. The average Bonchev–Trinajstić information content (AvgIpc) is 2.65. The molecule has 2 aliphatic carbocycles. The number of hydrogen-bond acceptors (Lipinski definition) is 3. The number of alkyl halides is 2. The van der Waals surface area contributed by atoms with E-state index in [4.69, 9.17) is 11.6 Å². The zero-order valence-electron chi connectivity index (χ0n) is 16.3. The largest absolute Gasteiger partial charge is 0.352 e. The number of amides is 2. The molecule has 3 rings (SSSR count). The summed E-state index contributed by atoms with van der Waals surface area (Å²) in [7, 11) is 0. The van der Waals surface area contributed by atoms with Crippen molar-refractivity contribution in [2.24, 2.45) is 5.92 Å². The van der Waals surface area contributed by atoms with Crippen molar-refractivity contribution in [3.63, 3.8) is 0 Å². The predicted molar refractivity (Wildman–Crippen MR) is 108 cm³/mol. The van der Waals surface area contributed by atoms with Crippen molar-refractivity contribution >= 4 is 23.4 Å². The van der Waals surface area contributed by atoms with E-state index in [-0.39, 0.29) is 42.7 Å². The van der Waals surface area contributed by atoms with E-state index >= 15 is 4.39 Å². The van der Waals surface area contributed by atoms with Crippen LogP contribution in [0.25, 0.3) is 0 Å². The number of nitrogens with one attached hydrogen (secondary N) is 3. The Labute approximate surface area is 170 Å². The summed E-state index contributed by atoms with van der Waals surface area (Å²) >= 11 is 6.42. The maximum absolute atomic E-state index is 15.1. The molecule has 2 saturated carbocycles. The summed E-state index contributed by atoms with van der Waals surface area (Å²) in [4.78, 5) is 24.2. The molecule has 1 aromatic rings. The molecule has 0 radical (unpaired) electrons. The van der Waals surface area contributed by atoms with Crippen molar-refractivity contribution in [1.29, 1.82) is 0 Å². The quantitative estimate of drug-likeness (QED) is 0.478. The van der Waals surface area contributed by atoms with E-state index in [1.54, 1.807) is 12.1 Å². The van der Waals surface area contributed by atoms with Crippen molar-refractivity contribution in [1.82, 2.24) is 16.0 Å². The summed E-state index contributed by atoms with van der Waals surface area (Å²) in [6, 6.07) is 8.97. The van der Waals surface area contributed by atoms with E-state index in [9.17, 15) is 9.59 Å². The third-order valence-electron chi connectivity index (χ3n) is 5.97. The van der Waals surface area contributed by atoms with Crippen molar-refractivity contribution in [3.8, 4) is 0 Å². The smallest absolute Gasteiger partial charge is 0.251 e. The summed E-state index contributed by atoms with van der Waals surface area (Å²) in [5.74, 6) is -1.98. The summed E-state index contributed by atoms with van der Waals surface area (Å²) in [5, 5.41) is 8.21. The van der Waals surface area contributed by atoms with Gasteiger partial charge in [-0.3, -0.25) is 14.9 Å². The normalized spacial score (nSPS) is 28.8. The lowest BCUT2D eigenvalue weighted by atomic mass is 9.78. The van der Waals surface area contributed by atoms with Crippen molar-refractivity contribution in [2.45, 2.75) is 62.2 Å². The highest BCUT2D eigenvalue weighted by Gasteiger charge is 2.41. The van der Waals surface area contributed by atoms with Gasteiger partial charge in [0.1, 0.15) is 0 Å². The number of benzene rings is 1. The molecular formula is C21H29ClFN3O2. The maximum Gasteiger partial charge on any atom is 0.251 e. The molecule has 28 heavy (non-hydrogen) atoms. The Hall–Kier alpha value is -1.66. The van der Waals surface area contributed by atoms with Gasteiger partial charge in [0, 0.05) is 29.4 Å². The van der Waals surface area contributed by atoms with Crippen molar-refractivity contribution < 1.29 is 14.0 Å². The standard InChI is InChI=1S/C21H29ClFN3O2/c1-20(9-5-10-20)26-18(27)14-25-21(23)11-8-16(17(22)12-21)13-24-19(28)15-6-3-2-4-7-15/h2-4,6-7,16-17,25H,5,8-14H2,1H3,(H,24,28)(H,26,27)/t16-,17-,21+/m1/s1. The molecule has 2 fully saturated rings. The van der Waals surface area contributed by atoms with Crippen LogP contribution in [0.4, 0.5) is 4.39 Å². The molecule has 1 aromatic carbocycles. The Balaban J connectivity index is 1.42. The fraction of sp³-hybridized carbons (Fsp3) is 0.619. The van der Waals surface area contributed by atoms with E-state index in [2.05, 4.69) is 16.0 Å². The van der Waals surface area contributed by atoms with Gasteiger partial charge in [-0.05, 0) is 57.1 Å². The fourth-order valence-corrected chi connectivity index (χ4v) is 4.39. The number of carbonyl (C=O) groups is 2. The second kappa shape index (κ2) is 8.78. The first kappa shape index (κ1) is 21.1. The molecule has 2 amide bonds. The Bertz CT molecular complexity index is 698. The Morgan fingerprint density at radius 1 is 1.21 bits per heavy atom. The highest BCUT2D eigenvalue weighted by Crippen LogP contribution is 2.36. The Kier molecular flexibility index (Phi) is 6.61. The lowest BCUT2D eigenvalue weighted by molar-refractivity contribution is -0.124. The highest BCUT2D eigenvalue weighted by molar-refractivity contribution is 6.21. The van der Waals surface area contributed by atoms with Gasteiger partial charge in [-0.2, -0.15) is 0 Å². The zero-order chi connectivity index (χ0) is 20.2. The topological polar surface area (TPSA) is 70.2 Å². The van der Waals surface area contributed by atoms with Gasteiger partial charge >= 0.3 is 0 Å². The first-order chi connectivity index (χ1) is 13.3. The number of rotatable bonds is 7. The molecule has 0 aliphatic heterocycles. The van der Waals surface area contributed by atoms with Gasteiger partial charge in [0.15, 0.2) is 5.79 Å². The van der Waals surface area contributed by atoms with Crippen LogP contribution in [0.1, 0.15) is 55.8 Å². The molecule has 3 atom stereocenters. The Morgan fingerprint density at radius 3 is 2.54 bits per heavy atom. The molecule has 2 aliphatic rings. The maximum atomic E-state index is 15.1. The molecular weight excluding hydrogens is 381 g/mol. The monoisotopic (exact) mass is 409 g/mol. The van der Waals surface area contributed by atoms with E-state index in [1.165, 1.54) is 0 Å². The molecule has 0 unspecified atom stereocenters. The molecule has 0 bridgehead atoms. The van der Waals surface area contributed by atoms with Gasteiger partial charge in [0.2, 0.25) is 5.91 Å². The van der Waals surface area contributed by atoms with Crippen LogP contribution in [0, 0.1) is 5.92 Å². The van der Waals surface area contributed by atoms with E-state index in [0.717, 1.165) is 19.3 Å². The predicted octanol–water partition coefficient (Wildman–Crippen LogP) is 3.14. The third-order valence-corrected chi connectivity index (χ3v) is 6.48. The molecule has 0 saturated heterocycles. The molecule has 5 nitrogen and oxygen atoms in total. The lowest BCUT2D eigenvalue weighted by Crippen LogP contribution is -2.56. The van der Waals surface area contributed by atoms with Gasteiger partial charge in [-0.25, -0.2) is 4.39 Å². The van der Waals surface area contributed by atoms with E-state index in [1.807, 2.05) is 25.1 Å². The minimum atomic E-state index is -1.65. The van der Waals surface area contributed by atoms with Gasteiger partial charge in [0.25, 0.3) is 5.91 Å². The van der Waals surface area contributed by atoms with Gasteiger partial charge in [0.05, 0.1) is 6.54 Å². The molecule has 154 valence electrons. The Morgan fingerprint density at radius 2 is 1.93 bits per heavy atom. The van der Waals surface area contributed by atoms with E-state index < -0.39 is 11.2 Å². The second-order valence-corrected chi connectivity index (χ2v) is 8.94. The summed E-state index contributed by atoms with van der Waals surface area (Å²) in [6.45, 7) is 2.38. The molecule has 0 spiro atoms. The molecule has 0 aromatic heterocycles. The lowest BCUT2D eigenvalue weighted by Gasteiger charge is -2.40. The molecule has 7 heteroatoms. The van der Waals surface area contributed by atoms with Gasteiger partial charge in [-0.1, -0.05) is 18.2 Å². The first-order valence-electron chi connectivity index (χ1n) is 10.0. The molecule has 3 N–H and O–H groups in total. The van der Waals surface area contributed by atoms with Crippen molar-refractivity contribution in [3.05, 3.63) is 35.9 Å². The number of halogens is 2. The molecule has 0 heterocycles. The average molecular weight is 410 g/mol. The summed E-state index contributed by atoms with van der Waals surface area (Å²) in [5.41, 5.74) is 0.461. The van der Waals surface area contributed by atoms with Crippen LogP contribution in [0.15, 0.2) is 30.3 Å². The zero-order valence-corrected chi connectivity index (χ0v) is 17.0. The third kappa shape index (κ3) is 5.45. The highest BCUT2D eigenvalue weighted by atomic mass is 35.5. The van der Waals surface area contributed by atoms with Crippen LogP contribution in [0.3, 0.4) is 0 Å². The number of carbonyl (C=O) groups excluding carboxylic acids is 2. The minimum Gasteiger partial charge on any atom is -0.352 e. The van der Waals surface area contributed by atoms with Crippen LogP contribution in [0.5, 0.6) is 0 Å². The van der Waals surface area contributed by atoms with Crippen LogP contribution >= 0.6 is 11.6 Å². The SMILES string of the molecule is CC1(NC(=O)CN[C@@]2(F)CC[C@H](CNC(=O)c3ccccc3)[C@H](Cl)C2)CCC1. The van der Waals surface area contributed by atoms with E-state index in [0.29, 0.717) is 18.5 Å². The van der Waals surface area contributed by atoms with Crippen LogP contribution in [-0.4, -0.2) is 41.6 Å². The van der Waals surface area contributed by atoms with Gasteiger partial charge < -0.3 is 10.6 Å². The first-order valence-corrected chi connectivity index (χ1v) is 10.4. The van der Waals surface area contributed by atoms with Gasteiger partial charge in [-0.15, -0.1) is 11.6 Å². The van der Waals surface area contributed by atoms with Crippen LogP contribution in [-0.2, 0) is 4.79 Å². The minimum absolute atomic E-state index is 0.00252. The van der Waals surface area contributed by atoms with Crippen LogP contribution < -0.4 is 16.0 Å². The second-order valence-electron chi connectivity index (χ2n) is 8.38. The fourth-order valence-electron chi connectivity index (χ4n) is 3.93. The number of hydrogen-bond donors (Lipinski definition) is 3.